The Bertz CT molecular complexity index is 808. The van der Waals surface area contributed by atoms with Gasteiger partial charge in [0.1, 0.15) is 23.7 Å². The molecular weight excluding hydrogens is 337 g/mol. The molecule has 136 valence electrons. The minimum absolute atomic E-state index is 0.139. The number of nitrogens with one attached hydrogen (secondary N) is 1. The molecule has 2 aromatic rings. The molecule has 26 heavy (non-hydrogen) atoms. The monoisotopic (exact) mass is 357 g/mol. The second kappa shape index (κ2) is 7.62. The Hall–Kier alpha value is -2.79. The van der Waals surface area contributed by atoms with Gasteiger partial charge in [-0.2, -0.15) is 5.26 Å². The van der Waals surface area contributed by atoms with Crippen molar-refractivity contribution in [2.75, 3.05) is 13.1 Å². The number of halogens is 1. The molecule has 0 spiro atoms. The molecule has 2 atom stereocenters. The first-order chi connectivity index (χ1) is 12.5. The Morgan fingerprint density at radius 1 is 1.50 bits per heavy atom. The fourth-order valence-corrected chi connectivity index (χ4v) is 3.00. The van der Waals surface area contributed by atoms with Crippen LogP contribution in [0.15, 0.2) is 22.7 Å². The summed E-state index contributed by atoms with van der Waals surface area (Å²) < 4.78 is 19.5. The van der Waals surface area contributed by atoms with Crippen molar-refractivity contribution in [3.63, 3.8) is 0 Å². The maximum atomic E-state index is 13.9. The minimum atomic E-state index is -0.943. The van der Waals surface area contributed by atoms with Crippen LogP contribution in [0, 0.1) is 25.2 Å². The highest BCUT2D eigenvalue weighted by Crippen LogP contribution is 2.23. The van der Waals surface area contributed by atoms with Crippen LogP contribution in [0.1, 0.15) is 39.8 Å². The predicted molar refractivity (Wildman–Crippen MR) is 91.0 cm³/mol. The third kappa shape index (κ3) is 4.06. The number of hydrogen-bond acceptors (Lipinski definition) is 6. The van der Waals surface area contributed by atoms with Gasteiger partial charge in [-0.15, -0.1) is 0 Å². The molecule has 0 aliphatic carbocycles. The highest BCUT2D eigenvalue weighted by Gasteiger charge is 2.33. The molecule has 7 nitrogen and oxygen atoms in total. The fourth-order valence-electron chi connectivity index (χ4n) is 3.00. The number of likely N-dealkylation sites (tertiary alicyclic amines) is 1. The highest BCUT2D eigenvalue weighted by molar-refractivity contribution is 5.92. The number of amides is 1. The van der Waals surface area contributed by atoms with E-state index in [2.05, 4.69) is 15.3 Å². The summed E-state index contributed by atoms with van der Waals surface area (Å²) in [7, 11) is 0. The summed E-state index contributed by atoms with van der Waals surface area (Å²) in [6.45, 7) is 4.71. The number of nitriles is 1. The molecule has 2 aromatic heterocycles. The van der Waals surface area contributed by atoms with Gasteiger partial charge in [0.2, 0.25) is 5.89 Å². The lowest BCUT2D eigenvalue weighted by molar-refractivity contribution is 0.0933. The Kier molecular flexibility index (Phi) is 5.28. The maximum Gasteiger partial charge on any atom is 0.269 e. The SMILES string of the molecule is Cc1nc(CN2C[C@@H](F)C[C@H]2CNC(=O)c2ccc(C#N)cn2)oc1C. The van der Waals surface area contributed by atoms with Crippen LogP contribution < -0.4 is 5.32 Å². The third-order valence-corrected chi connectivity index (χ3v) is 4.51. The molecule has 1 saturated heterocycles. The molecule has 1 aliphatic rings. The summed E-state index contributed by atoms with van der Waals surface area (Å²) in [6.07, 6.45) is 0.753. The molecule has 8 heteroatoms. The Morgan fingerprint density at radius 2 is 2.31 bits per heavy atom. The Morgan fingerprint density at radius 3 is 2.92 bits per heavy atom. The van der Waals surface area contributed by atoms with Crippen LogP contribution in [-0.2, 0) is 6.54 Å². The van der Waals surface area contributed by atoms with Crippen LogP contribution in [0.2, 0.25) is 0 Å². The topological polar surface area (TPSA) is 95.1 Å². The molecule has 1 N–H and O–H groups in total. The summed E-state index contributed by atoms with van der Waals surface area (Å²) in [4.78, 5) is 22.4. The number of oxazole rings is 1. The van der Waals surface area contributed by atoms with E-state index in [-0.39, 0.29) is 24.2 Å². The van der Waals surface area contributed by atoms with Crippen LogP contribution in [0.4, 0.5) is 4.39 Å². The molecule has 3 rings (SSSR count). The molecule has 0 unspecified atom stereocenters. The first-order valence-corrected chi connectivity index (χ1v) is 8.41. The minimum Gasteiger partial charge on any atom is -0.444 e. The molecule has 0 bridgehead atoms. The van der Waals surface area contributed by atoms with Gasteiger partial charge in [0.25, 0.3) is 5.91 Å². The first kappa shape index (κ1) is 18.0. The number of pyridine rings is 1. The summed E-state index contributed by atoms with van der Waals surface area (Å²) in [5, 5.41) is 11.6. The lowest BCUT2D eigenvalue weighted by Crippen LogP contribution is -2.40. The lowest BCUT2D eigenvalue weighted by atomic mass is 10.2. The van der Waals surface area contributed by atoms with Gasteiger partial charge in [-0.25, -0.2) is 14.4 Å². The van der Waals surface area contributed by atoms with Gasteiger partial charge in [-0.1, -0.05) is 0 Å². The quantitative estimate of drug-likeness (QED) is 0.878. The van der Waals surface area contributed by atoms with Crippen molar-refractivity contribution < 1.29 is 13.6 Å². The van der Waals surface area contributed by atoms with Crippen LogP contribution in [0.3, 0.4) is 0 Å². The van der Waals surface area contributed by atoms with Crippen LogP contribution in [0.5, 0.6) is 0 Å². The molecule has 3 heterocycles. The van der Waals surface area contributed by atoms with E-state index in [1.807, 2.05) is 24.8 Å². The lowest BCUT2D eigenvalue weighted by Gasteiger charge is -2.22. The second-order valence-electron chi connectivity index (χ2n) is 6.42. The van der Waals surface area contributed by atoms with Gasteiger partial charge in [0.15, 0.2) is 0 Å². The first-order valence-electron chi connectivity index (χ1n) is 8.41. The number of hydrogen-bond donors (Lipinski definition) is 1. The zero-order valence-corrected chi connectivity index (χ0v) is 14.7. The fraction of sp³-hybridized carbons (Fsp3) is 0.444. The number of carbonyl (C=O) groups excluding carboxylic acids is 1. The molecule has 0 aromatic carbocycles. The highest BCUT2D eigenvalue weighted by atomic mass is 19.1. The number of carbonyl (C=O) groups is 1. The molecule has 0 radical (unpaired) electrons. The van der Waals surface area contributed by atoms with Crippen molar-refractivity contribution in [1.82, 2.24) is 20.2 Å². The smallest absolute Gasteiger partial charge is 0.269 e. The summed E-state index contributed by atoms with van der Waals surface area (Å²) in [6, 6.07) is 4.85. The van der Waals surface area contributed by atoms with Gasteiger partial charge >= 0.3 is 0 Å². The zero-order chi connectivity index (χ0) is 18.7. The van der Waals surface area contributed by atoms with E-state index < -0.39 is 6.17 Å². The summed E-state index contributed by atoms with van der Waals surface area (Å²) in [5.41, 5.74) is 1.44. The Labute approximate surface area is 150 Å². The van der Waals surface area contributed by atoms with E-state index in [4.69, 9.17) is 9.68 Å². The molecule has 0 saturated carbocycles. The number of aromatic nitrogens is 2. The summed E-state index contributed by atoms with van der Waals surface area (Å²) in [5.74, 6) is 0.964. The number of alkyl halides is 1. The van der Waals surface area contributed by atoms with Crippen molar-refractivity contribution >= 4 is 5.91 Å². The normalized spacial score (nSPS) is 20.1. The van der Waals surface area contributed by atoms with E-state index in [9.17, 15) is 9.18 Å². The molecular formula is C18H20FN5O2. The van der Waals surface area contributed by atoms with Gasteiger partial charge in [-0.05, 0) is 32.4 Å². The number of nitrogens with zero attached hydrogens (tertiary/aromatic N) is 4. The van der Waals surface area contributed by atoms with Gasteiger partial charge < -0.3 is 9.73 Å². The predicted octanol–water partition coefficient (Wildman–Crippen LogP) is 1.90. The van der Waals surface area contributed by atoms with Gasteiger partial charge in [0.05, 0.1) is 17.8 Å². The van der Waals surface area contributed by atoms with E-state index in [1.165, 1.54) is 18.3 Å². The van der Waals surface area contributed by atoms with Crippen molar-refractivity contribution in [2.45, 2.75) is 39.0 Å². The van der Waals surface area contributed by atoms with E-state index in [0.29, 0.717) is 31.0 Å². The van der Waals surface area contributed by atoms with E-state index in [1.54, 1.807) is 0 Å². The largest absolute Gasteiger partial charge is 0.444 e. The van der Waals surface area contributed by atoms with Gasteiger partial charge in [0, 0.05) is 25.3 Å². The standard InChI is InChI=1S/C18H20FN5O2/c1-11-12(2)26-17(23-11)10-24-9-14(19)5-15(24)8-22-18(25)16-4-3-13(6-20)7-21-16/h3-4,7,14-15H,5,8-10H2,1-2H3,(H,22,25)/t14-,15-/m0/s1. The van der Waals surface area contributed by atoms with E-state index in [0.717, 1.165) is 11.5 Å². The van der Waals surface area contributed by atoms with Crippen LogP contribution in [0.25, 0.3) is 0 Å². The van der Waals surface area contributed by atoms with Crippen molar-refractivity contribution in [3.8, 4) is 6.07 Å². The van der Waals surface area contributed by atoms with Gasteiger partial charge in [-0.3, -0.25) is 9.69 Å². The second-order valence-corrected chi connectivity index (χ2v) is 6.42. The number of aryl methyl sites for hydroxylation is 2. The van der Waals surface area contributed by atoms with Crippen LogP contribution in [-0.4, -0.2) is 46.1 Å². The Balaban J connectivity index is 1.59. The molecule has 1 amide bonds. The average molecular weight is 357 g/mol. The maximum absolute atomic E-state index is 13.9. The third-order valence-electron chi connectivity index (χ3n) is 4.51. The number of rotatable bonds is 5. The summed E-state index contributed by atoms with van der Waals surface area (Å²) >= 11 is 0. The van der Waals surface area contributed by atoms with Crippen LogP contribution >= 0.6 is 0 Å². The zero-order valence-electron chi connectivity index (χ0n) is 14.7. The van der Waals surface area contributed by atoms with Crippen molar-refractivity contribution in [2.24, 2.45) is 0 Å². The molecule has 1 aliphatic heterocycles. The van der Waals surface area contributed by atoms with Crippen molar-refractivity contribution in [3.05, 3.63) is 46.9 Å². The van der Waals surface area contributed by atoms with E-state index >= 15 is 0 Å². The van der Waals surface area contributed by atoms with Crippen molar-refractivity contribution in [1.29, 1.82) is 5.26 Å². The molecule has 1 fully saturated rings. The average Bonchev–Trinajstić information content (AvgIpc) is 3.14.